The van der Waals surface area contributed by atoms with Gasteiger partial charge in [0.2, 0.25) is 0 Å². The van der Waals surface area contributed by atoms with Crippen LogP contribution in [0.1, 0.15) is 126 Å². The highest BCUT2D eigenvalue weighted by Crippen LogP contribution is 2.76. The monoisotopic (exact) mass is 362 g/mol. The molecule has 0 heterocycles. The van der Waals surface area contributed by atoms with Crippen LogP contribution in [0.25, 0.3) is 0 Å². The molecule has 2 aliphatic rings. The summed E-state index contributed by atoms with van der Waals surface area (Å²) in [4.78, 5) is 0. The molecule has 0 heteroatoms. The van der Waals surface area contributed by atoms with Crippen molar-refractivity contribution in [1.82, 2.24) is 0 Å². The average Bonchev–Trinajstić information content (AvgIpc) is 3.44. The van der Waals surface area contributed by atoms with E-state index in [4.69, 9.17) is 0 Å². The topological polar surface area (TPSA) is 0 Å². The Labute approximate surface area is 166 Å². The molecule has 2 fully saturated rings. The van der Waals surface area contributed by atoms with E-state index in [1.54, 1.807) is 6.42 Å². The fourth-order valence-corrected chi connectivity index (χ4v) is 5.95. The summed E-state index contributed by atoms with van der Waals surface area (Å²) in [6.45, 7) is 17.4. The Morgan fingerprint density at radius 1 is 1.00 bits per heavy atom. The first kappa shape index (κ1) is 22.3. The third kappa shape index (κ3) is 6.00. The highest BCUT2D eigenvalue weighted by Gasteiger charge is 2.67. The second kappa shape index (κ2) is 9.47. The lowest BCUT2D eigenvalue weighted by Gasteiger charge is -2.36. The molecule has 2 rings (SSSR count). The molecule has 0 aliphatic heterocycles. The van der Waals surface area contributed by atoms with Gasteiger partial charge in [-0.1, -0.05) is 93.4 Å². The maximum atomic E-state index is 2.57. The molecular formula is C26H50. The zero-order valence-corrected chi connectivity index (χ0v) is 19.4. The maximum Gasteiger partial charge on any atom is -0.0237 e. The van der Waals surface area contributed by atoms with Gasteiger partial charge in [-0.25, -0.2) is 0 Å². The Kier molecular flexibility index (Phi) is 8.12. The van der Waals surface area contributed by atoms with Gasteiger partial charge >= 0.3 is 0 Å². The minimum atomic E-state index is 0.517. The van der Waals surface area contributed by atoms with Gasteiger partial charge in [0, 0.05) is 0 Å². The molecule has 2 saturated carbocycles. The average molecular weight is 363 g/mol. The first-order valence-corrected chi connectivity index (χ1v) is 12.2. The third-order valence-corrected chi connectivity index (χ3v) is 8.69. The molecule has 0 aromatic rings. The van der Waals surface area contributed by atoms with Gasteiger partial charge < -0.3 is 0 Å². The molecule has 1 spiro atoms. The molecule has 0 nitrogen and oxygen atoms in total. The summed E-state index contributed by atoms with van der Waals surface area (Å²) in [5, 5.41) is 0. The Bertz CT molecular complexity index is 408. The van der Waals surface area contributed by atoms with Crippen molar-refractivity contribution in [2.45, 2.75) is 126 Å². The first-order chi connectivity index (χ1) is 12.2. The highest BCUT2D eigenvalue weighted by atomic mass is 14.7. The van der Waals surface area contributed by atoms with Crippen LogP contribution in [0, 0.1) is 40.4 Å². The van der Waals surface area contributed by atoms with Crippen LogP contribution >= 0.6 is 0 Å². The SMILES string of the molecule is CCCCCCCC(C)CC(CC)CC(C)(C)C(C)CC1CC12CC2C. The highest BCUT2D eigenvalue weighted by molar-refractivity contribution is 5.16. The van der Waals surface area contributed by atoms with Gasteiger partial charge in [0.15, 0.2) is 0 Å². The lowest BCUT2D eigenvalue weighted by Crippen LogP contribution is -2.26. The summed E-state index contributed by atoms with van der Waals surface area (Å²) in [6, 6.07) is 0. The Hall–Kier alpha value is 0. The summed E-state index contributed by atoms with van der Waals surface area (Å²) in [7, 11) is 0. The normalized spacial score (nSPS) is 31.0. The van der Waals surface area contributed by atoms with Crippen molar-refractivity contribution in [2.24, 2.45) is 40.4 Å². The Morgan fingerprint density at radius 2 is 1.65 bits per heavy atom. The summed E-state index contributed by atoms with van der Waals surface area (Å²) < 4.78 is 0. The van der Waals surface area contributed by atoms with E-state index in [9.17, 15) is 0 Å². The van der Waals surface area contributed by atoms with Crippen molar-refractivity contribution in [2.75, 3.05) is 0 Å². The standard InChI is InChI=1S/C26H50/c1-8-10-11-12-13-14-20(3)15-23(9-2)18-25(6,7)21(4)16-24-19-26(24)17-22(26)5/h20-24H,8-19H2,1-7H3. The van der Waals surface area contributed by atoms with E-state index in [2.05, 4.69) is 48.5 Å². The van der Waals surface area contributed by atoms with Crippen molar-refractivity contribution < 1.29 is 0 Å². The molecule has 0 aromatic carbocycles. The minimum Gasteiger partial charge on any atom is -0.0654 e. The van der Waals surface area contributed by atoms with Crippen LogP contribution in [0.15, 0.2) is 0 Å². The van der Waals surface area contributed by atoms with E-state index in [0.29, 0.717) is 5.41 Å². The second-order valence-electron chi connectivity index (χ2n) is 11.4. The fourth-order valence-electron chi connectivity index (χ4n) is 5.95. The van der Waals surface area contributed by atoms with Crippen molar-refractivity contribution in [3.63, 3.8) is 0 Å². The van der Waals surface area contributed by atoms with Crippen LogP contribution in [-0.2, 0) is 0 Å². The van der Waals surface area contributed by atoms with Crippen LogP contribution in [0.3, 0.4) is 0 Å². The van der Waals surface area contributed by atoms with Crippen LogP contribution in [0.2, 0.25) is 0 Å². The summed E-state index contributed by atoms with van der Waals surface area (Å²) in [5.74, 6) is 4.87. The summed E-state index contributed by atoms with van der Waals surface area (Å²) in [5.41, 5.74) is 1.37. The van der Waals surface area contributed by atoms with Gasteiger partial charge in [-0.3, -0.25) is 0 Å². The van der Waals surface area contributed by atoms with Crippen LogP contribution in [-0.4, -0.2) is 0 Å². The van der Waals surface area contributed by atoms with E-state index >= 15 is 0 Å². The van der Waals surface area contributed by atoms with Crippen molar-refractivity contribution in [1.29, 1.82) is 0 Å². The summed E-state index contributed by atoms with van der Waals surface area (Å²) in [6.07, 6.45) is 17.5. The molecule has 0 bridgehead atoms. The molecule has 0 aromatic heterocycles. The number of rotatable bonds is 14. The third-order valence-electron chi connectivity index (χ3n) is 8.69. The zero-order chi connectivity index (χ0) is 19.4. The second-order valence-corrected chi connectivity index (χ2v) is 11.4. The van der Waals surface area contributed by atoms with Crippen molar-refractivity contribution in [3.05, 3.63) is 0 Å². The zero-order valence-electron chi connectivity index (χ0n) is 19.4. The smallest absolute Gasteiger partial charge is 0.0237 e. The molecular weight excluding hydrogens is 312 g/mol. The minimum absolute atomic E-state index is 0.517. The van der Waals surface area contributed by atoms with Crippen molar-refractivity contribution in [3.8, 4) is 0 Å². The van der Waals surface area contributed by atoms with Gasteiger partial charge in [0.1, 0.15) is 0 Å². The molecule has 0 amide bonds. The van der Waals surface area contributed by atoms with E-state index in [1.807, 2.05) is 0 Å². The van der Waals surface area contributed by atoms with Gasteiger partial charge in [0.05, 0.1) is 0 Å². The lowest BCUT2D eigenvalue weighted by atomic mass is 9.69. The predicted molar refractivity (Wildman–Crippen MR) is 117 cm³/mol. The molecule has 0 N–H and O–H groups in total. The van der Waals surface area contributed by atoms with Crippen molar-refractivity contribution >= 4 is 0 Å². The molecule has 0 radical (unpaired) electrons. The molecule has 2 aliphatic carbocycles. The van der Waals surface area contributed by atoms with E-state index < -0.39 is 0 Å². The van der Waals surface area contributed by atoms with E-state index in [1.165, 1.54) is 70.6 Å². The molecule has 6 unspecified atom stereocenters. The summed E-state index contributed by atoms with van der Waals surface area (Å²) >= 11 is 0. The largest absolute Gasteiger partial charge is 0.0654 e. The lowest BCUT2D eigenvalue weighted by molar-refractivity contribution is 0.143. The van der Waals surface area contributed by atoms with Gasteiger partial charge in [-0.15, -0.1) is 0 Å². The Morgan fingerprint density at radius 3 is 2.19 bits per heavy atom. The predicted octanol–water partition coefficient (Wildman–Crippen LogP) is 8.89. The van der Waals surface area contributed by atoms with Gasteiger partial charge in [-0.2, -0.15) is 0 Å². The van der Waals surface area contributed by atoms with Gasteiger partial charge in [0.25, 0.3) is 0 Å². The molecule has 0 saturated heterocycles. The number of unbranched alkanes of at least 4 members (excludes halogenated alkanes) is 4. The Balaban J connectivity index is 1.69. The fraction of sp³-hybridized carbons (Fsp3) is 1.00. The maximum absolute atomic E-state index is 2.57. The molecule has 26 heavy (non-hydrogen) atoms. The first-order valence-electron chi connectivity index (χ1n) is 12.2. The van der Waals surface area contributed by atoms with Crippen LogP contribution in [0.4, 0.5) is 0 Å². The van der Waals surface area contributed by atoms with Crippen LogP contribution in [0.5, 0.6) is 0 Å². The van der Waals surface area contributed by atoms with E-state index in [-0.39, 0.29) is 0 Å². The van der Waals surface area contributed by atoms with Crippen LogP contribution < -0.4 is 0 Å². The molecule has 154 valence electrons. The van der Waals surface area contributed by atoms with E-state index in [0.717, 1.165) is 35.0 Å². The number of hydrogen-bond donors (Lipinski definition) is 0. The number of hydrogen-bond acceptors (Lipinski definition) is 0. The van der Waals surface area contributed by atoms with Gasteiger partial charge in [-0.05, 0) is 72.5 Å². The quantitative estimate of drug-likeness (QED) is 0.271. The molecule has 6 atom stereocenters.